The van der Waals surface area contributed by atoms with Crippen molar-refractivity contribution in [1.29, 1.82) is 0 Å². The zero-order valence-electron chi connectivity index (χ0n) is 11.5. The lowest BCUT2D eigenvalue weighted by molar-refractivity contribution is 0.233. The van der Waals surface area contributed by atoms with Crippen LogP contribution in [0.15, 0.2) is 0 Å². The smallest absolute Gasteiger partial charge is 0.306 e. The average molecular weight is 265 g/mol. The SMILES string of the molecule is [2H]C([2H])(Cl)C([2H])([2H])N(CCCl)P1(=O)NCCCO1. The van der Waals surface area contributed by atoms with Gasteiger partial charge in [0.05, 0.1) is 6.61 Å². The zero-order valence-corrected chi connectivity index (χ0v) is 9.91. The van der Waals surface area contributed by atoms with Gasteiger partial charge in [0.2, 0.25) is 0 Å². The van der Waals surface area contributed by atoms with Crippen molar-refractivity contribution in [2.45, 2.75) is 6.42 Å². The molecule has 0 radical (unpaired) electrons. The van der Waals surface area contributed by atoms with Crippen LogP contribution in [-0.2, 0) is 9.09 Å². The van der Waals surface area contributed by atoms with Gasteiger partial charge in [-0.05, 0) is 6.42 Å². The van der Waals surface area contributed by atoms with Crippen LogP contribution in [0.4, 0.5) is 0 Å². The average Bonchev–Trinajstić information content (AvgIpc) is 2.25. The van der Waals surface area contributed by atoms with E-state index in [1.54, 1.807) is 0 Å². The summed E-state index contributed by atoms with van der Waals surface area (Å²) in [4.78, 5) is 0. The molecule has 14 heavy (non-hydrogen) atoms. The van der Waals surface area contributed by atoms with Crippen molar-refractivity contribution in [3.05, 3.63) is 0 Å². The first kappa shape index (κ1) is 7.88. The molecule has 1 heterocycles. The summed E-state index contributed by atoms with van der Waals surface area (Å²) in [7, 11) is -3.66. The molecule has 0 amide bonds. The van der Waals surface area contributed by atoms with Crippen molar-refractivity contribution in [3.8, 4) is 0 Å². The van der Waals surface area contributed by atoms with Crippen LogP contribution in [0.1, 0.15) is 11.9 Å². The van der Waals surface area contributed by atoms with E-state index in [-0.39, 0.29) is 19.0 Å². The van der Waals surface area contributed by atoms with Crippen LogP contribution >= 0.6 is 30.9 Å². The largest absolute Gasteiger partial charge is 0.343 e. The minimum atomic E-state index is -3.66. The molecule has 0 bridgehead atoms. The third kappa shape index (κ3) is 3.37. The molecule has 1 saturated heterocycles. The highest BCUT2D eigenvalue weighted by atomic mass is 35.5. The second-order valence-electron chi connectivity index (χ2n) is 2.63. The molecular formula is C7H15Cl2N2O2P. The molecule has 4 nitrogen and oxygen atoms in total. The summed E-state index contributed by atoms with van der Waals surface area (Å²) in [6.07, 6.45) is 0.648. The van der Waals surface area contributed by atoms with Gasteiger partial charge in [-0.1, -0.05) is 0 Å². The van der Waals surface area contributed by atoms with Crippen LogP contribution in [0, 0.1) is 0 Å². The Kier molecular flexibility index (Phi) is 3.55. The quantitative estimate of drug-likeness (QED) is 0.608. The lowest BCUT2D eigenvalue weighted by Gasteiger charge is -2.33. The molecule has 1 unspecified atom stereocenters. The van der Waals surface area contributed by atoms with Crippen molar-refractivity contribution >= 4 is 30.9 Å². The Labute approximate surface area is 100 Å². The minimum Gasteiger partial charge on any atom is -0.306 e. The van der Waals surface area contributed by atoms with E-state index in [1.165, 1.54) is 0 Å². The fraction of sp³-hybridized carbons (Fsp3) is 1.00. The summed E-state index contributed by atoms with van der Waals surface area (Å²) in [5.41, 5.74) is 0. The van der Waals surface area contributed by atoms with Gasteiger partial charge >= 0.3 is 7.67 Å². The van der Waals surface area contributed by atoms with Crippen molar-refractivity contribution in [2.75, 3.05) is 37.9 Å². The van der Waals surface area contributed by atoms with E-state index >= 15 is 0 Å². The summed E-state index contributed by atoms with van der Waals surface area (Å²) < 4.78 is 48.4. The fourth-order valence-electron chi connectivity index (χ4n) is 1.06. The van der Waals surface area contributed by atoms with Gasteiger partial charge in [0.1, 0.15) is 0 Å². The summed E-state index contributed by atoms with van der Waals surface area (Å²) in [5, 5.41) is 2.59. The first-order valence-electron chi connectivity index (χ1n) is 6.18. The molecular weight excluding hydrogens is 246 g/mol. The Bertz CT molecular complexity index is 332. The highest BCUT2D eigenvalue weighted by Gasteiger charge is 2.32. The van der Waals surface area contributed by atoms with Gasteiger partial charge in [-0.2, -0.15) is 0 Å². The van der Waals surface area contributed by atoms with Gasteiger partial charge in [-0.25, -0.2) is 9.76 Å². The molecule has 1 aliphatic rings. The normalized spacial score (nSPS) is 34.5. The van der Waals surface area contributed by atoms with E-state index in [9.17, 15) is 4.57 Å². The van der Waals surface area contributed by atoms with Gasteiger partial charge < -0.3 is 4.52 Å². The van der Waals surface area contributed by atoms with Crippen LogP contribution < -0.4 is 5.09 Å². The van der Waals surface area contributed by atoms with Crippen LogP contribution in [-0.4, -0.2) is 42.6 Å². The number of rotatable bonds is 5. The van der Waals surface area contributed by atoms with Crippen molar-refractivity contribution in [2.24, 2.45) is 0 Å². The van der Waals surface area contributed by atoms with Gasteiger partial charge in [-0.3, -0.25) is 4.57 Å². The molecule has 84 valence electrons. The van der Waals surface area contributed by atoms with Gasteiger partial charge in [-0.15, -0.1) is 23.2 Å². The molecule has 0 aromatic carbocycles. The fourth-order valence-corrected chi connectivity index (χ4v) is 3.28. The summed E-state index contributed by atoms with van der Waals surface area (Å²) in [6.45, 7) is -2.21. The molecule has 1 rings (SSSR count). The predicted molar refractivity (Wildman–Crippen MR) is 59.2 cm³/mol. The van der Waals surface area contributed by atoms with E-state index in [2.05, 4.69) is 5.09 Å². The standard InChI is InChI=1S/C7H15Cl2N2O2P/c8-2-5-11(6-3-9)14(12)10-4-1-7-13-14/h1-7H2,(H,10,12)/i2D2,5D2. The lowest BCUT2D eigenvalue weighted by Crippen LogP contribution is -2.35. The van der Waals surface area contributed by atoms with Gasteiger partial charge in [0.25, 0.3) is 0 Å². The lowest BCUT2D eigenvalue weighted by atomic mass is 10.5. The zero-order chi connectivity index (χ0) is 14.0. The molecule has 0 aliphatic carbocycles. The van der Waals surface area contributed by atoms with E-state index in [4.69, 9.17) is 33.2 Å². The Hall–Kier alpha value is 0.690. The Morgan fingerprint density at radius 2 is 2.43 bits per heavy atom. The van der Waals surface area contributed by atoms with E-state index in [0.717, 1.165) is 4.67 Å². The minimum absolute atomic E-state index is 0.0263. The molecule has 1 N–H and O–H groups in total. The summed E-state index contributed by atoms with van der Waals surface area (Å²) in [6, 6.07) is 0. The Morgan fingerprint density at radius 1 is 1.64 bits per heavy atom. The van der Waals surface area contributed by atoms with Crippen molar-refractivity contribution < 1.29 is 14.6 Å². The first-order valence-corrected chi connectivity index (χ1v) is 6.67. The molecule has 0 spiro atoms. The first-order chi connectivity index (χ1) is 8.15. The van der Waals surface area contributed by atoms with Crippen LogP contribution in [0.5, 0.6) is 0 Å². The Balaban J connectivity index is 3.05. The predicted octanol–water partition coefficient (Wildman–Crippen LogP) is 1.88. The molecule has 1 fully saturated rings. The highest BCUT2D eigenvalue weighted by molar-refractivity contribution is 7.54. The number of nitrogens with one attached hydrogen (secondary N) is 1. The number of hydrogen-bond acceptors (Lipinski definition) is 2. The number of alkyl halides is 2. The summed E-state index contributed by atoms with van der Waals surface area (Å²) in [5.74, 6) is -2.75. The maximum atomic E-state index is 12.5. The maximum absolute atomic E-state index is 12.5. The van der Waals surface area contributed by atoms with Crippen LogP contribution in [0.3, 0.4) is 0 Å². The summed E-state index contributed by atoms with van der Waals surface area (Å²) >= 11 is 11.0. The Morgan fingerprint density at radius 3 is 2.93 bits per heavy atom. The van der Waals surface area contributed by atoms with Crippen LogP contribution in [0.2, 0.25) is 0 Å². The van der Waals surface area contributed by atoms with Crippen molar-refractivity contribution in [3.63, 3.8) is 0 Å². The van der Waals surface area contributed by atoms with Crippen LogP contribution in [0.25, 0.3) is 0 Å². The number of hydrogen-bond donors (Lipinski definition) is 1. The molecule has 7 heteroatoms. The third-order valence-corrected chi connectivity index (χ3v) is 4.03. The van der Waals surface area contributed by atoms with E-state index in [1.807, 2.05) is 0 Å². The third-order valence-electron chi connectivity index (χ3n) is 1.68. The van der Waals surface area contributed by atoms with E-state index in [0.29, 0.717) is 13.0 Å². The van der Waals surface area contributed by atoms with Crippen molar-refractivity contribution in [1.82, 2.24) is 9.76 Å². The van der Waals surface area contributed by atoms with E-state index < -0.39 is 20.0 Å². The maximum Gasteiger partial charge on any atom is 0.343 e. The van der Waals surface area contributed by atoms with Gasteiger partial charge in [0, 0.05) is 36.8 Å². The molecule has 0 aromatic heterocycles. The number of halogens is 2. The molecule has 0 aromatic rings. The van der Waals surface area contributed by atoms with Gasteiger partial charge in [0.15, 0.2) is 0 Å². The molecule has 1 atom stereocenters. The number of nitrogens with zero attached hydrogens (tertiary/aromatic N) is 1. The molecule has 0 saturated carbocycles. The second-order valence-corrected chi connectivity index (χ2v) is 5.30. The molecule has 1 aliphatic heterocycles. The highest BCUT2D eigenvalue weighted by Crippen LogP contribution is 2.47. The topological polar surface area (TPSA) is 41.6 Å². The monoisotopic (exact) mass is 264 g/mol. The second kappa shape index (κ2) is 6.31.